The van der Waals surface area contributed by atoms with Crippen molar-refractivity contribution in [3.63, 3.8) is 0 Å². The number of benzene rings is 2. The lowest BCUT2D eigenvalue weighted by molar-refractivity contribution is -0.134. The van der Waals surface area contributed by atoms with E-state index in [1.807, 2.05) is 36.2 Å². The first-order valence-corrected chi connectivity index (χ1v) is 16.6. The minimum Gasteiger partial charge on any atom is -0.345 e. The molecule has 3 N–H and O–H groups in total. The molecule has 3 aliphatic rings. The first-order chi connectivity index (χ1) is 21.7. The van der Waals surface area contributed by atoms with Crippen molar-refractivity contribution < 1.29 is 14.0 Å². The topological polar surface area (TPSA) is 101 Å². The second-order valence-corrected chi connectivity index (χ2v) is 15.0. The van der Waals surface area contributed by atoms with Crippen molar-refractivity contribution >= 4 is 23.4 Å². The number of carbonyl (C=O) groups excluding carboxylic acids is 2. The second kappa shape index (κ2) is 13.1. The van der Waals surface area contributed by atoms with Crippen LogP contribution in [0.3, 0.4) is 0 Å². The maximum absolute atomic E-state index is 14.6. The number of amides is 2. The number of nitrogens with one attached hydrogen (secondary N) is 3. The van der Waals surface area contributed by atoms with Crippen LogP contribution in [0.4, 0.5) is 4.39 Å². The molecule has 1 saturated carbocycles. The van der Waals surface area contributed by atoms with E-state index in [0.29, 0.717) is 28.6 Å². The molecule has 0 radical (unpaired) electrons. The number of rotatable bonds is 10. The average molecular weight is 632 g/mol. The first-order valence-electron chi connectivity index (χ1n) is 16.6. The Kier molecular flexibility index (Phi) is 9.59. The van der Waals surface area contributed by atoms with Gasteiger partial charge in [0.15, 0.2) is 5.84 Å². The highest BCUT2D eigenvalue weighted by Crippen LogP contribution is 2.51. The number of hydrogen-bond acceptors (Lipinski definition) is 7. The molecule has 1 aliphatic carbocycles. The van der Waals surface area contributed by atoms with Gasteiger partial charge in [-0.3, -0.25) is 19.6 Å². The third kappa shape index (κ3) is 7.12. The predicted molar refractivity (Wildman–Crippen MR) is 180 cm³/mol. The molecule has 0 bridgehead atoms. The largest absolute Gasteiger partial charge is 0.345 e. The van der Waals surface area contributed by atoms with Crippen molar-refractivity contribution in [2.75, 3.05) is 13.6 Å². The minimum absolute atomic E-state index is 0.0445. The maximum atomic E-state index is 14.6. The van der Waals surface area contributed by atoms with Gasteiger partial charge in [-0.05, 0) is 85.1 Å². The third-order valence-corrected chi connectivity index (χ3v) is 10.3. The SMILES string of the molecule is CCC(C)(C)C1CCC2(CC1)N=C(c1cccc(F)c1)C(=O)N2[C@H](CCC(C)(C)C)c1ccc(C(=O)NCC2=NNNN2C)cc1. The Morgan fingerprint density at radius 1 is 1.11 bits per heavy atom. The van der Waals surface area contributed by atoms with Crippen LogP contribution < -0.4 is 16.4 Å². The van der Waals surface area contributed by atoms with Crippen molar-refractivity contribution in [1.82, 2.24) is 26.3 Å². The zero-order valence-electron chi connectivity index (χ0n) is 28.4. The molecule has 2 aromatic carbocycles. The highest BCUT2D eigenvalue weighted by atomic mass is 19.1. The fourth-order valence-corrected chi connectivity index (χ4v) is 6.97. The predicted octanol–water partition coefficient (Wildman–Crippen LogP) is 6.35. The molecule has 1 atom stereocenters. The van der Waals surface area contributed by atoms with Gasteiger partial charge < -0.3 is 10.2 Å². The van der Waals surface area contributed by atoms with Crippen molar-refractivity contribution in [3.05, 3.63) is 71.0 Å². The van der Waals surface area contributed by atoms with E-state index in [2.05, 4.69) is 63.0 Å². The molecular weight excluding hydrogens is 581 g/mol. The van der Waals surface area contributed by atoms with Gasteiger partial charge in [0.1, 0.15) is 17.2 Å². The first kappa shape index (κ1) is 33.6. The molecule has 9 nitrogen and oxygen atoms in total. The number of carbonyl (C=O) groups is 2. The molecule has 5 rings (SSSR count). The molecule has 2 heterocycles. The molecule has 0 unspecified atom stereocenters. The van der Waals surface area contributed by atoms with Crippen LogP contribution in [-0.2, 0) is 4.79 Å². The van der Waals surface area contributed by atoms with Crippen LogP contribution in [0.1, 0.15) is 114 Å². The van der Waals surface area contributed by atoms with Crippen LogP contribution in [0.25, 0.3) is 0 Å². The molecular formula is C36H50FN7O2. The van der Waals surface area contributed by atoms with Gasteiger partial charge in [-0.2, -0.15) is 0 Å². The Balaban J connectivity index is 1.48. The summed E-state index contributed by atoms with van der Waals surface area (Å²) in [4.78, 5) is 34.8. The lowest BCUT2D eigenvalue weighted by Crippen LogP contribution is -2.51. The van der Waals surface area contributed by atoms with Gasteiger partial charge in [0, 0.05) is 18.2 Å². The van der Waals surface area contributed by atoms with E-state index in [9.17, 15) is 14.0 Å². The fourth-order valence-electron chi connectivity index (χ4n) is 6.97. The Morgan fingerprint density at radius 3 is 2.39 bits per heavy atom. The number of hydrazine groups is 2. The second-order valence-electron chi connectivity index (χ2n) is 15.0. The van der Waals surface area contributed by atoms with Gasteiger partial charge in [-0.15, -0.1) is 10.6 Å². The number of hydrogen-bond donors (Lipinski definition) is 3. The van der Waals surface area contributed by atoms with E-state index in [4.69, 9.17) is 4.99 Å². The Labute approximate surface area is 273 Å². The summed E-state index contributed by atoms with van der Waals surface area (Å²) in [5.41, 5.74) is 7.40. The van der Waals surface area contributed by atoms with E-state index < -0.39 is 5.66 Å². The van der Waals surface area contributed by atoms with E-state index >= 15 is 0 Å². The van der Waals surface area contributed by atoms with Crippen LogP contribution in [-0.4, -0.2) is 52.5 Å². The highest BCUT2D eigenvalue weighted by molar-refractivity contribution is 6.46. The van der Waals surface area contributed by atoms with Gasteiger partial charge >= 0.3 is 0 Å². The van der Waals surface area contributed by atoms with Crippen molar-refractivity contribution in [3.8, 4) is 0 Å². The van der Waals surface area contributed by atoms with E-state index in [0.717, 1.165) is 50.5 Å². The average Bonchev–Trinajstić information content (AvgIpc) is 3.56. The molecule has 0 saturated heterocycles. The van der Waals surface area contributed by atoms with Crippen molar-refractivity contribution in [1.29, 1.82) is 0 Å². The Hall–Kier alpha value is -3.79. The summed E-state index contributed by atoms with van der Waals surface area (Å²) in [6.45, 7) is 13.8. The monoisotopic (exact) mass is 631 g/mol. The summed E-state index contributed by atoms with van der Waals surface area (Å²) >= 11 is 0. The summed E-state index contributed by atoms with van der Waals surface area (Å²) in [6.07, 6.45) is 6.20. The number of likely N-dealkylation sites (N-methyl/N-ethyl adjacent to an activating group) is 1. The van der Waals surface area contributed by atoms with Crippen LogP contribution >= 0.6 is 0 Å². The molecule has 1 spiro atoms. The van der Waals surface area contributed by atoms with Crippen LogP contribution in [0.15, 0.2) is 58.6 Å². The summed E-state index contributed by atoms with van der Waals surface area (Å²) in [5.74, 6) is 0.467. The zero-order chi connectivity index (χ0) is 33.3. The van der Waals surface area contributed by atoms with Crippen LogP contribution in [0, 0.1) is 22.6 Å². The fraction of sp³-hybridized carbons (Fsp3) is 0.556. The normalized spacial score (nSPS) is 22.5. The number of aliphatic imine (C=N–C) groups is 1. The number of nitrogens with zero attached hydrogens (tertiary/aromatic N) is 4. The minimum atomic E-state index is -0.701. The third-order valence-electron chi connectivity index (χ3n) is 10.3. The number of halogens is 1. The Morgan fingerprint density at radius 2 is 1.80 bits per heavy atom. The molecule has 1 fully saturated rings. The molecule has 2 aromatic rings. The van der Waals surface area contributed by atoms with E-state index in [1.165, 1.54) is 12.1 Å². The lowest BCUT2D eigenvalue weighted by atomic mass is 9.67. The molecule has 2 amide bonds. The smallest absolute Gasteiger partial charge is 0.275 e. The van der Waals surface area contributed by atoms with E-state index in [1.54, 1.807) is 17.1 Å². The molecule has 0 aromatic heterocycles. The molecule has 2 aliphatic heterocycles. The zero-order valence-corrected chi connectivity index (χ0v) is 28.4. The number of hydrazone groups is 1. The van der Waals surface area contributed by atoms with Gasteiger partial charge in [-0.25, -0.2) is 9.93 Å². The highest BCUT2D eigenvalue weighted by Gasteiger charge is 2.53. The summed E-state index contributed by atoms with van der Waals surface area (Å²) < 4.78 is 14.4. The van der Waals surface area contributed by atoms with Gasteiger partial charge in [0.2, 0.25) is 0 Å². The Bertz CT molecular complexity index is 1490. The van der Waals surface area contributed by atoms with Crippen molar-refractivity contribution in [2.24, 2.45) is 26.8 Å². The maximum Gasteiger partial charge on any atom is 0.275 e. The molecule has 46 heavy (non-hydrogen) atoms. The summed E-state index contributed by atoms with van der Waals surface area (Å²) in [5, 5.41) is 8.72. The lowest BCUT2D eigenvalue weighted by Gasteiger charge is -2.48. The quantitative estimate of drug-likeness (QED) is 0.284. The van der Waals surface area contributed by atoms with E-state index in [-0.39, 0.29) is 41.0 Å². The number of amidine groups is 1. The molecule has 10 heteroatoms. The van der Waals surface area contributed by atoms with Gasteiger partial charge in [0.05, 0.1) is 12.6 Å². The van der Waals surface area contributed by atoms with Crippen molar-refractivity contribution in [2.45, 2.75) is 98.2 Å². The van der Waals surface area contributed by atoms with Gasteiger partial charge in [0.25, 0.3) is 11.8 Å². The standard InChI is InChI=1S/C36H50FN7O2/c1-8-35(5,6)27-16-20-36(21-17-27)39-31(26-10-9-11-28(37)22-26)33(46)44(36)29(18-19-34(2,3)4)24-12-14-25(15-13-24)32(45)38-23-30-40-41-42-43(30)7/h9-15,22,27,29,41-42H,8,16-21,23H2,1-7H3,(H,38,45)/t27?,29-,36?/m1/s1. The van der Waals surface area contributed by atoms with Crippen LogP contribution in [0.5, 0.6) is 0 Å². The summed E-state index contributed by atoms with van der Waals surface area (Å²) in [6, 6.07) is 13.6. The van der Waals surface area contributed by atoms with Gasteiger partial charge in [-0.1, -0.05) is 72.2 Å². The summed E-state index contributed by atoms with van der Waals surface area (Å²) in [7, 11) is 1.81. The van der Waals surface area contributed by atoms with Crippen LogP contribution in [0.2, 0.25) is 0 Å². The molecule has 248 valence electrons.